The summed E-state index contributed by atoms with van der Waals surface area (Å²) in [4.78, 5) is 27.5. The lowest BCUT2D eigenvalue weighted by Gasteiger charge is -2.35. The highest BCUT2D eigenvalue weighted by atomic mass is 32.2. The van der Waals surface area contributed by atoms with Crippen LogP contribution in [0.15, 0.2) is 87.3 Å². The monoisotopic (exact) mass is 492 g/mol. The molecule has 0 spiro atoms. The predicted molar refractivity (Wildman–Crippen MR) is 134 cm³/mol. The Labute approximate surface area is 201 Å². The van der Waals surface area contributed by atoms with Crippen LogP contribution in [0.2, 0.25) is 0 Å². The maximum atomic E-state index is 13.2. The zero-order valence-corrected chi connectivity index (χ0v) is 19.9. The van der Waals surface area contributed by atoms with Crippen LogP contribution in [-0.2, 0) is 10.0 Å². The van der Waals surface area contributed by atoms with E-state index in [1.165, 1.54) is 28.6 Å². The normalized spacial score (nSPS) is 14.8. The maximum absolute atomic E-state index is 13.2. The van der Waals surface area contributed by atoms with Crippen LogP contribution in [0.5, 0.6) is 5.75 Å². The Morgan fingerprint density at radius 1 is 0.771 bits per heavy atom. The van der Waals surface area contributed by atoms with E-state index in [4.69, 9.17) is 4.74 Å². The Morgan fingerprint density at radius 2 is 1.37 bits per heavy atom. The van der Waals surface area contributed by atoms with Gasteiger partial charge < -0.3 is 9.64 Å². The van der Waals surface area contributed by atoms with E-state index < -0.39 is 15.6 Å². The van der Waals surface area contributed by atoms with Gasteiger partial charge in [-0.15, -0.1) is 0 Å². The van der Waals surface area contributed by atoms with Crippen LogP contribution < -0.4 is 20.8 Å². The third-order valence-electron chi connectivity index (χ3n) is 6.23. The molecular formula is C25H24N4O5S. The largest absolute Gasteiger partial charge is 0.497 e. The minimum Gasteiger partial charge on any atom is -0.497 e. The molecule has 2 heterocycles. The number of hydrogen-bond acceptors (Lipinski definition) is 6. The lowest BCUT2D eigenvalue weighted by atomic mass is 10.2. The highest BCUT2D eigenvalue weighted by Gasteiger charge is 2.28. The van der Waals surface area contributed by atoms with Crippen LogP contribution in [0.4, 0.5) is 5.69 Å². The topological polar surface area (TPSA) is 105 Å². The molecule has 9 nitrogen and oxygen atoms in total. The Bertz CT molecular complexity index is 1580. The fourth-order valence-electron chi connectivity index (χ4n) is 4.28. The molecule has 1 saturated heterocycles. The fourth-order valence-corrected chi connectivity index (χ4v) is 5.70. The van der Waals surface area contributed by atoms with Gasteiger partial charge in [-0.2, -0.15) is 4.31 Å². The second-order valence-electron chi connectivity index (χ2n) is 8.21. The first-order valence-corrected chi connectivity index (χ1v) is 12.6. The van der Waals surface area contributed by atoms with E-state index in [2.05, 4.69) is 10.00 Å². The molecule has 1 aliphatic heterocycles. The summed E-state index contributed by atoms with van der Waals surface area (Å²) in [6.07, 6.45) is 0. The molecule has 0 amide bonds. The van der Waals surface area contributed by atoms with Gasteiger partial charge in [-0.25, -0.2) is 13.1 Å². The predicted octanol–water partition coefficient (Wildman–Crippen LogP) is 2.20. The number of sulfonamides is 1. The van der Waals surface area contributed by atoms with E-state index in [1.54, 1.807) is 31.4 Å². The molecule has 5 rings (SSSR count). The Morgan fingerprint density at radius 3 is 2.00 bits per heavy atom. The number of fused-ring (bicyclic) bond motifs is 1. The number of methoxy groups -OCH3 is 1. The number of aromatic amines is 1. The number of ether oxygens (including phenoxy) is 1. The molecule has 10 heteroatoms. The standard InChI is InChI=1S/C25H24N4O5S/c1-34-20-10-6-18(7-11-20)27-14-16-28(17-15-27)35(32,33)21-12-8-19(9-13-21)29-25(31)23-5-3-2-4-22(23)24(30)26-29/h2-13H,14-17H2,1H3,(H,26,30). The Hall–Kier alpha value is -3.89. The van der Waals surface area contributed by atoms with E-state index in [9.17, 15) is 18.0 Å². The Balaban J connectivity index is 1.35. The molecular weight excluding hydrogens is 468 g/mol. The van der Waals surface area contributed by atoms with Gasteiger partial charge in [0, 0.05) is 31.9 Å². The SMILES string of the molecule is COc1ccc(N2CCN(S(=O)(=O)c3ccc(-n4[nH]c(=O)c5ccccc5c4=O)cc3)CC2)cc1. The van der Waals surface area contributed by atoms with Crippen molar-refractivity contribution in [3.8, 4) is 11.4 Å². The second-order valence-corrected chi connectivity index (χ2v) is 10.1. The Kier molecular flexibility index (Phi) is 5.91. The fraction of sp³-hybridized carbons (Fsp3) is 0.200. The lowest BCUT2D eigenvalue weighted by molar-refractivity contribution is 0.384. The summed E-state index contributed by atoms with van der Waals surface area (Å²) in [5.74, 6) is 0.772. The van der Waals surface area contributed by atoms with E-state index >= 15 is 0 Å². The van der Waals surface area contributed by atoms with E-state index in [0.717, 1.165) is 16.1 Å². The number of anilines is 1. The number of hydrogen-bond donors (Lipinski definition) is 1. The van der Waals surface area contributed by atoms with E-state index in [1.807, 2.05) is 24.3 Å². The van der Waals surface area contributed by atoms with Crippen molar-refractivity contribution in [2.75, 3.05) is 38.2 Å². The molecule has 1 fully saturated rings. The first-order chi connectivity index (χ1) is 16.9. The number of nitrogens with zero attached hydrogens (tertiary/aromatic N) is 3. The van der Waals surface area contributed by atoms with Gasteiger partial charge in [0.2, 0.25) is 10.0 Å². The average Bonchev–Trinajstić information content (AvgIpc) is 2.91. The van der Waals surface area contributed by atoms with Crippen molar-refractivity contribution in [1.82, 2.24) is 14.1 Å². The van der Waals surface area contributed by atoms with Crippen LogP contribution in [0.1, 0.15) is 0 Å². The van der Waals surface area contributed by atoms with Crippen LogP contribution in [0, 0.1) is 0 Å². The summed E-state index contributed by atoms with van der Waals surface area (Å²) in [6, 6.07) is 20.2. The third-order valence-corrected chi connectivity index (χ3v) is 8.14. The summed E-state index contributed by atoms with van der Waals surface area (Å²) < 4.78 is 34.2. The van der Waals surface area contributed by atoms with Crippen molar-refractivity contribution in [2.24, 2.45) is 0 Å². The number of H-pyrrole nitrogens is 1. The van der Waals surface area contributed by atoms with Crippen molar-refractivity contribution in [2.45, 2.75) is 4.90 Å². The molecule has 1 N–H and O–H groups in total. The summed E-state index contributed by atoms with van der Waals surface area (Å²) in [5.41, 5.74) is 0.611. The van der Waals surface area contributed by atoms with Gasteiger partial charge in [0.1, 0.15) is 5.75 Å². The number of rotatable bonds is 5. The van der Waals surface area contributed by atoms with Gasteiger partial charge in [0.15, 0.2) is 0 Å². The highest BCUT2D eigenvalue weighted by Crippen LogP contribution is 2.23. The minimum absolute atomic E-state index is 0.135. The molecule has 4 aromatic rings. The molecule has 0 unspecified atom stereocenters. The van der Waals surface area contributed by atoms with Gasteiger partial charge in [-0.1, -0.05) is 12.1 Å². The van der Waals surface area contributed by atoms with Crippen LogP contribution in [0.25, 0.3) is 16.5 Å². The quantitative estimate of drug-likeness (QED) is 0.458. The highest BCUT2D eigenvalue weighted by molar-refractivity contribution is 7.89. The van der Waals surface area contributed by atoms with Crippen molar-refractivity contribution in [3.63, 3.8) is 0 Å². The maximum Gasteiger partial charge on any atom is 0.277 e. The molecule has 1 aromatic heterocycles. The second kappa shape index (κ2) is 9.05. The van der Waals surface area contributed by atoms with E-state index in [0.29, 0.717) is 42.6 Å². The van der Waals surface area contributed by atoms with Gasteiger partial charge >= 0.3 is 0 Å². The molecule has 0 radical (unpaired) electrons. The molecule has 0 atom stereocenters. The summed E-state index contributed by atoms with van der Waals surface area (Å²) >= 11 is 0. The van der Waals surface area contributed by atoms with Gasteiger partial charge in [0.05, 0.1) is 28.5 Å². The average molecular weight is 493 g/mol. The number of piperazine rings is 1. The first-order valence-electron chi connectivity index (χ1n) is 11.1. The van der Waals surface area contributed by atoms with Crippen molar-refractivity contribution >= 4 is 26.5 Å². The molecule has 180 valence electrons. The minimum atomic E-state index is -3.70. The summed E-state index contributed by atoms with van der Waals surface area (Å²) in [6.45, 7) is 1.84. The van der Waals surface area contributed by atoms with E-state index in [-0.39, 0.29) is 10.5 Å². The molecule has 0 bridgehead atoms. The van der Waals surface area contributed by atoms with Gasteiger partial charge in [-0.3, -0.25) is 14.7 Å². The summed E-state index contributed by atoms with van der Waals surface area (Å²) in [5, 5.41) is 3.16. The number of nitrogens with one attached hydrogen (secondary N) is 1. The molecule has 1 aliphatic rings. The zero-order chi connectivity index (χ0) is 24.6. The molecule has 35 heavy (non-hydrogen) atoms. The molecule has 0 aliphatic carbocycles. The smallest absolute Gasteiger partial charge is 0.277 e. The summed E-state index contributed by atoms with van der Waals surface area (Å²) in [7, 11) is -2.09. The molecule has 0 saturated carbocycles. The van der Waals surface area contributed by atoms with Crippen molar-refractivity contribution < 1.29 is 13.2 Å². The zero-order valence-electron chi connectivity index (χ0n) is 19.0. The van der Waals surface area contributed by atoms with Crippen LogP contribution in [-0.4, -0.2) is 55.8 Å². The van der Waals surface area contributed by atoms with Crippen LogP contribution >= 0.6 is 0 Å². The lowest BCUT2D eigenvalue weighted by Crippen LogP contribution is -2.48. The third kappa shape index (κ3) is 4.22. The van der Waals surface area contributed by atoms with Gasteiger partial charge in [-0.05, 0) is 60.7 Å². The van der Waals surface area contributed by atoms with Crippen molar-refractivity contribution in [3.05, 3.63) is 93.5 Å². The first kappa shape index (κ1) is 22.9. The molecule has 3 aromatic carbocycles. The van der Waals surface area contributed by atoms with Crippen LogP contribution in [0.3, 0.4) is 0 Å². The van der Waals surface area contributed by atoms with Gasteiger partial charge in [0.25, 0.3) is 11.1 Å². The number of benzene rings is 3. The number of aromatic nitrogens is 2. The van der Waals surface area contributed by atoms with Crippen molar-refractivity contribution in [1.29, 1.82) is 0 Å².